The molecule has 5 rings (SSSR count). The molecule has 0 spiro atoms. The van der Waals surface area contributed by atoms with E-state index in [4.69, 9.17) is 0 Å². The van der Waals surface area contributed by atoms with Crippen LogP contribution >= 0.6 is 0 Å². The zero-order chi connectivity index (χ0) is 25.8. The fraction of sp³-hybridized carbons (Fsp3) is 0.296. The molecule has 5 aromatic rings. The average Bonchev–Trinajstić information content (AvgIpc) is 3.65. The van der Waals surface area contributed by atoms with Crippen LogP contribution in [0, 0.1) is 5.82 Å². The maximum absolute atomic E-state index is 14.7. The SMILES string of the molecule is CCCCc1cn(-c2c(F)ccn2CCC)c(=O)n1Cc1ccc(-c2ccccc2-c2nn[nH]n2)cn1. The number of aromatic nitrogens is 8. The van der Waals surface area contributed by atoms with E-state index >= 15 is 0 Å². The first-order valence-corrected chi connectivity index (χ1v) is 12.5. The van der Waals surface area contributed by atoms with E-state index in [-0.39, 0.29) is 11.5 Å². The topological polar surface area (TPSA) is 99.2 Å². The number of pyridine rings is 1. The van der Waals surface area contributed by atoms with Crippen molar-refractivity contribution in [1.82, 2.24) is 39.3 Å². The van der Waals surface area contributed by atoms with Gasteiger partial charge in [-0.1, -0.05) is 50.6 Å². The molecular weight excluding hydrogens is 471 g/mol. The zero-order valence-electron chi connectivity index (χ0n) is 20.9. The van der Waals surface area contributed by atoms with Gasteiger partial charge in [-0.05, 0) is 42.2 Å². The minimum absolute atomic E-state index is 0.269. The smallest absolute Gasteiger partial charge is 0.331 e. The highest BCUT2D eigenvalue weighted by atomic mass is 19.1. The summed E-state index contributed by atoms with van der Waals surface area (Å²) in [5.74, 6) is 0.385. The number of hydrogen-bond acceptors (Lipinski definition) is 5. The van der Waals surface area contributed by atoms with Gasteiger partial charge < -0.3 is 4.57 Å². The third-order valence-electron chi connectivity index (χ3n) is 6.40. The molecular formula is C27H29FN8O. The highest BCUT2D eigenvalue weighted by Gasteiger charge is 2.19. The van der Waals surface area contributed by atoms with E-state index < -0.39 is 5.82 Å². The third-order valence-corrected chi connectivity index (χ3v) is 6.40. The molecule has 4 aromatic heterocycles. The van der Waals surface area contributed by atoms with Crippen LogP contribution in [0.2, 0.25) is 0 Å². The van der Waals surface area contributed by atoms with Crippen molar-refractivity contribution in [2.45, 2.75) is 52.6 Å². The number of halogens is 1. The van der Waals surface area contributed by atoms with Gasteiger partial charge >= 0.3 is 5.69 Å². The molecule has 0 atom stereocenters. The number of nitrogens with one attached hydrogen (secondary N) is 1. The summed E-state index contributed by atoms with van der Waals surface area (Å²) in [6.45, 7) is 5.07. The number of unbranched alkanes of at least 4 members (excludes halogenated alkanes) is 1. The summed E-state index contributed by atoms with van der Waals surface area (Å²) in [5, 5.41) is 14.4. The molecule has 0 radical (unpaired) electrons. The molecule has 37 heavy (non-hydrogen) atoms. The molecule has 10 heteroatoms. The van der Waals surface area contributed by atoms with E-state index in [1.54, 1.807) is 27.7 Å². The Kier molecular flexibility index (Phi) is 7.07. The Hall–Kier alpha value is -4.34. The predicted octanol–water partition coefficient (Wildman–Crippen LogP) is 4.62. The summed E-state index contributed by atoms with van der Waals surface area (Å²) in [5.41, 5.74) is 4.01. The summed E-state index contributed by atoms with van der Waals surface area (Å²) in [4.78, 5) is 18.2. The average molecular weight is 501 g/mol. The summed E-state index contributed by atoms with van der Waals surface area (Å²) >= 11 is 0. The van der Waals surface area contributed by atoms with Crippen molar-refractivity contribution < 1.29 is 4.39 Å². The van der Waals surface area contributed by atoms with E-state index in [2.05, 4.69) is 32.5 Å². The van der Waals surface area contributed by atoms with Crippen LogP contribution in [-0.4, -0.2) is 39.3 Å². The molecule has 0 saturated heterocycles. The maximum atomic E-state index is 14.7. The highest BCUT2D eigenvalue weighted by molar-refractivity contribution is 5.79. The minimum atomic E-state index is -0.405. The molecule has 0 aliphatic rings. The van der Waals surface area contributed by atoms with Crippen molar-refractivity contribution in [3.8, 4) is 28.3 Å². The first kappa shape index (κ1) is 24.4. The molecule has 190 valence electrons. The van der Waals surface area contributed by atoms with Crippen molar-refractivity contribution in [1.29, 1.82) is 0 Å². The van der Waals surface area contributed by atoms with Gasteiger partial charge in [0.25, 0.3) is 0 Å². The number of rotatable bonds is 10. The number of benzene rings is 1. The van der Waals surface area contributed by atoms with Crippen LogP contribution in [0.4, 0.5) is 4.39 Å². The van der Waals surface area contributed by atoms with Crippen molar-refractivity contribution >= 4 is 0 Å². The van der Waals surface area contributed by atoms with E-state index in [1.807, 2.05) is 43.3 Å². The number of hydrogen-bond donors (Lipinski definition) is 1. The van der Waals surface area contributed by atoms with Gasteiger partial charge in [0.05, 0.1) is 12.2 Å². The third kappa shape index (κ3) is 4.87. The number of aryl methyl sites for hydroxylation is 2. The lowest BCUT2D eigenvalue weighted by Gasteiger charge is -2.09. The van der Waals surface area contributed by atoms with Crippen LogP contribution in [0.25, 0.3) is 28.3 Å². The van der Waals surface area contributed by atoms with Gasteiger partial charge in [-0.25, -0.2) is 9.18 Å². The second-order valence-corrected chi connectivity index (χ2v) is 8.96. The summed E-state index contributed by atoms with van der Waals surface area (Å²) in [6.07, 6.45) is 8.74. The molecule has 4 heterocycles. The van der Waals surface area contributed by atoms with Gasteiger partial charge in [0.1, 0.15) is 0 Å². The molecule has 1 N–H and O–H groups in total. The van der Waals surface area contributed by atoms with Gasteiger partial charge in [0.2, 0.25) is 5.82 Å². The molecule has 0 aliphatic heterocycles. The van der Waals surface area contributed by atoms with E-state index in [9.17, 15) is 9.18 Å². The monoisotopic (exact) mass is 500 g/mol. The Morgan fingerprint density at radius 3 is 2.57 bits per heavy atom. The van der Waals surface area contributed by atoms with E-state index in [0.717, 1.165) is 53.8 Å². The van der Waals surface area contributed by atoms with Gasteiger partial charge in [-0.15, -0.1) is 10.2 Å². The zero-order valence-corrected chi connectivity index (χ0v) is 20.9. The predicted molar refractivity (Wildman–Crippen MR) is 139 cm³/mol. The van der Waals surface area contributed by atoms with Crippen molar-refractivity contribution in [2.24, 2.45) is 0 Å². The number of H-pyrrole nitrogens is 1. The quantitative estimate of drug-likeness (QED) is 0.302. The highest BCUT2D eigenvalue weighted by Crippen LogP contribution is 2.29. The molecule has 0 bridgehead atoms. The van der Waals surface area contributed by atoms with Crippen LogP contribution in [0.1, 0.15) is 44.5 Å². The van der Waals surface area contributed by atoms with Crippen molar-refractivity contribution in [2.75, 3.05) is 0 Å². The lowest BCUT2D eigenvalue weighted by molar-refractivity contribution is 0.584. The summed E-state index contributed by atoms with van der Waals surface area (Å²) < 4.78 is 19.7. The number of tetrazole rings is 1. The molecule has 0 aliphatic carbocycles. The van der Waals surface area contributed by atoms with Crippen LogP contribution in [-0.2, 0) is 19.5 Å². The van der Waals surface area contributed by atoms with Crippen LogP contribution in [0.3, 0.4) is 0 Å². The minimum Gasteiger partial charge on any atom is -0.331 e. The van der Waals surface area contributed by atoms with Gasteiger partial charge in [0, 0.05) is 42.0 Å². The summed E-state index contributed by atoms with van der Waals surface area (Å²) in [7, 11) is 0. The Morgan fingerprint density at radius 1 is 1.03 bits per heavy atom. The Labute approximate surface area is 213 Å². The van der Waals surface area contributed by atoms with Crippen molar-refractivity contribution in [3.63, 3.8) is 0 Å². The summed E-state index contributed by atoms with van der Waals surface area (Å²) in [6, 6.07) is 13.1. The van der Waals surface area contributed by atoms with Crippen LogP contribution < -0.4 is 5.69 Å². The fourth-order valence-electron chi connectivity index (χ4n) is 4.56. The molecule has 0 fully saturated rings. The molecule has 9 nitrogen and oxygen atoms in total. The Balaban J connectivity index is 1.48. The number of aromatic amines is 1. The molecule has 0 unspecified atom stereocenters. The van der Waals surface area contributed by atoms with E-state index in [1.165, 1.54) is 10.6 Å². The van der Waals surface area contributed by atoms with Gasteiger partial charge in [-0.3, -0.25) is 14.1 Å². The Bertz CT molecular complexity index is 1530. The molecule has 0 saturated carbocycles. The van der Waals surface area contributed by atoms with Crippen molar-refractivity contribution in [3.05, 3.63) is 88.7 Å². The normalized spacial score (nSPS) is 11.3. The van der Waals surface area contributed by atoms with Crippen LogP contribution in [0.5, 0.6) is 0 Å². The molecule has 1 aromatic carbocycles. The molecule has 0 amide bonds. The maximum Gasteiger partial charge on any atom is 0.334 e. The standard InChI is InChI=1S/C27H29FN8O/c1-3-5-8-21-18-36(26-24(28)13-15-34(26)14-4-2)27(37)35(21)17-20-12-11-19(16-29-20)22-9-6-7-10-23(22)25-30-32-33-31-25/h6-7,9-13,15-16,18H,3-5,8,14,17H2,1-2H3,(H,30,31,32,33). The van der Waals surface area contributed by atoms with Gasteiger partial charge in [0.15, 0.2) is 11.6 Å². The fourth-order valence-corrected chi connectivity index (χ4v) is 4.56. The second kappa shape index (κ2) is 10.7. The first-order chi connectivity index (χ1) is 18.1. The number of imidazole rings is 1. The Morgan fingerprint density at radius 2 is 1.86 bits per heavy atom. The van der Waals surface area contributed by atoms with Crippen LogP contribution in [0.15, 0.2) is 65.8 Å². The number of nitrogens with zero attached hydrogens (tertiary/aromatic N) is 7. The lowest BCUT2D eigenvalue weighted by Crippen LogP contribution is -2.26. The van der Waals surface area contributed by atoms with E-state index in [0.29, 0.717) is 18.9 Å². The second-order valence-electron chi connectivity index (χ2n) is 8.96. The largest absolute Gasteiger partial charge is 0.334 e. The lowest BCUT2D eigenvalue weighted by atomic mass is 10.0. The first-order valence-electron chi connectivity index (χ1n) is 12.5. The van der Waals surface area contributed by atoms with Gasteiger partial charge in [-0.2, -0.15) is 5.21 Å².